The second-order valence-electron chi connectivity index (χ2n) is 25.3. The van der Waals surface area contributed by atoms with Gasteiger partial charge in [0.15, 0.2) is 0 Å². The van der Waals surface area contributed by atoms with Crippen molar-refractivity contribution in [3.05, 3.63) is 93.0 Å². The fraction of sp³-hybridized carbons (Fsp3) is 0.684. The lowest BCUT2D eigenvalue weighted by Gasteiger charge is -2.30. The van der Waals surface area contributed by atoms with Crippen LogP contribution in [0.1, 0.15) is 353 Å². The monoisotopic (exact) mass is 1160 g/mol. The van der Waals surface area contributed by atoms with Gasteiger partial charge in [-0.25, -0.2) is 0 Å². The SMILES string of the molecule is CCCCCCCCCCC[C@H]1c2cc(c(OC)cc2O)[C@@H](CCCCCCCCCCC)c2cc(c(OC)cc2O)[C@@H](CCCCCCCCCCC)c2cc(c(OC)cc2O)[C@@H](CCCCCCCCCCC)c2cc1c(OC)cc2O. The van der Waals surface area contributed by atoms with Gasteiger partial charge in [-0.15, -0.1) is 0 Å². The van der Waals surface area contributed by atoms with Crippen LogP contribution in [0.15, 0.2) is 48.5 Å². The maximum atomic E-state index is 12.6. The number of phenolic OH excluding ortho intramolecular Hbond substituents is 4. The molecule has 4 atom stereocenters. The highest BCUT2D eigenvalue weighted by molar-refractivity contribution is 5.62. The molecule has 0 spiro atoms. The molecule has 0 amide bonds. The molecule has 0 fully saturated rings. The van der Waals surface area contributed by atoms with Gasteiger partial charge in [0, 0.05) is 92.4 Å². The van der Waals surface area contributed by atoms with Crippen molar-refractivity contribution in [2.24, 2.45) is 0 Å². The van der Waals surface area contributed by atoms with E-state index in [1.807, 2.05) is 24.3 Å². The number of fused-ring (bicyclic) bond motifs is 8. The molecule has 8 bridgehead atoms. The lowest BCUT2D eigenvalue weighted by Crippen LogP contribution is -2.13. The zero-order valence-electron chi connectivity index (χ0n) is 54.6. The molecule has 1 aliphatic carbocycles. The molecule has 4 aromatic rings. The van der Waals surface area contributed by atoms with Crippen LogP contribution >= 0.6 is 0 Å². The quantitative estimate of drug-likeness (QED) is 0.0324. The normalized spacial score (nSPS) is 15.8. The summed E-state index contributed by atoms with van der Waals surface area (Å²) in [6.45, 7) is 9.08. The minimum absolute atomic E-state index is 0.160. The minimum Gasteiger partial charge on any atom is -0.508 e. The van der Waals surface area contributed by atoms with Crippen molar-refractivity contribution in [2.45, 2.75) is 308 Å². The Morgan fingerprint density at radius 2 is 0.381 bits per heavy atom. The summed E-state index contributed by atoms with van der Waals surface area (Å²) in [6.07, 6.45) is 46.1. The molecule has 1 aliphatic rings. The number of ether oxygens (including phenoxy) is 4. The number of benzene rings is 4. The lowest BCUT2D eigenvalue weighted by atomic mass is 9.76. The van der Waals surface area contributed by atoms with E-state index < -0.39 is 0 Å². The van der Waals surface area contributed by atoms with Crippen molar-refractivity contribution in [3.8, 4) is 46.0 Å². The van der Waals surface area contributed by atoms with E-state index in [0.29, 0.717) is 23.0 Å². The highest BCUT2D eigenvalue weighted by Crippen LogP contribution is 2.53. The second-order valence-corrected chi connectivity index (χ2v) is 25.3. The summed E-state index contributed by atoms with van der Waals surface area (Å²) in [5.74, 6) is 1.76. The summed E-state index contributed by atoms with van der Waals surface area (Å²) < 4.78 is 25.3. The molecular formula is C76H120O8. The van der Waals surface area contributed by atoms with E-state index in [2.05, 4.69) is 52.0 Å². The molecular weight excluding hydrogens is 1040 g/mol. The van der Waals surface area contributed by atoms with Crippen LogP contribution in [0.3, 0.4) is 0 Å². The minimum atomic E-state index is -0.304. The Balaban J connectivity index is 1.77. The Morgan fingerprint density at radius 3 is 0.536 bits per heavy atom. The molecule has 0 heterocycles. The van der Waals surface area contributed by atoms with Crippen LogP contribution in [0.2, 0.25) is 0 Å². The molecule has 8 heteroatoms. The Bertz CT molecular complexity index is 2090. The van der Waals surface area contributed by atoms with Gasteiger partial charge < -0.3 is 39.4 Å². The Hall–Kier alpha value is -4.72. The molecule has 4 N–H and O–H groups in total. The van der Waals surface area contributed by atoms with Crippen LogP contribution in [0, 0.1) is 0 Å². The predicted molar refractivity (Wildman–Crippen MR) is 353 cm³/mol. The number of aromatic hydroxyl groups is 4. The van der Waals surface area contributed by atoms with Crippen LogP contribution in [0.4, 0.5) is 0 Å². The van der Waals surface area contributed by atoms with Crippen molar-refractivity contribution in [1.29, 1.82) is 0 Å². The highest BCUT2D eigenvalue weighted by atomic mass is 16.5. The topological polar surface area (TPSA) is 118 Å². The van der Waals surface area contributed by atoms with Gasteiger partial charge in [-0.3, -0.25) is 0 Å². The van der Waals surface area contributed by atoms with Crippen LogP contribution < -0.4 is 18.9 Å². The first kappa shape index (κ1) is 70.0. The number of methoxy groups -OCH3 is 4. The van der Waals surface area contributed by atoms with Gasteiger partial charge in [0.25, 0.3) is 0 Å². The second kappa shape index (κ2) is 40.6. The van der Waals surface area contributed by atoms with Crippen molar-refractivity contribution in [3.63, 3.8) is 0 Å². The molecule has 0 saturated carbocycles. The Morgan fingerprint density at radius 1 is 0.226 bits per heavy atom. The van der Waals surface area contributed by atoms with Gasteiger partial charge in [0.2, 0.25) is 0 Å². The smallest absolute Gasteiger partial charge is 0.126 e. The van der Waals surface area contributed by atoms with E-state index in [1.54, 1.807) is 28.4 Å². The zero-order chi connectivity index (χ0) is 60.3. The maximum Gasteiger partial charge on any atom is 0.126 e. The van der Waals surface area contributed by atoms with Crippen LogP contribution in [0.25, 0.3) is 0 Å². The average molecular weight is 1160 g/mol. The first-order valence-electron chi connectivity index (χ1n) is 34.7. The van der Waals surface area contributed by atoms with Gasteiger partial charge in [-0.05, 0) is 49.9 Å². The van der Waals surface area contributed by atoms with Gasteiger partial charge in [0.1, 0.15) is 46.0 Å². The Kier molecular flexibility index (Phi) is 33.9. The molecule has 8 nitrogen and oxygen atoms in total. The molecule has 0 saturated heterocycles. The van der Waals surface area contributed by atoms with E-state index in [0.717, 1.165) is 147 Å². The van der Waals surface area contributed by atoms with E-state index in [1.165, 1.54) is 154 Å². The van der Waals surface area contributed by atoms with E-state index in [-0.39, 0.29) is 46.7 Å². The van der Waals surface area contributed by atoms with E-state index in [4.69, 9.17) is 18.9 Å². The third-order valence-electron chi connectivity index (χ3n) is 18.9. The first-order chi connectivity index (χ1) is 41.1. The summed E-state index contributed by atoms with van der Waals surface area (Å²) in [5.41, 5.74) is 6.86. The lowest BCUT2D eigenvalue weighted by molar-refractivity contribution is 0.386. The largest absolute Gasteiger partial charge is 0.508 e. The zero-order valence-corrected chi connectivity index (χ0v) is 54.6. The molecule has 4 aromatic carbocycles. The van der Waals surface area contributed by atoms with Crippen LogP contribution in [-0.4, -0.2) is 48.9 Å². The third kappa shape index (κ3) is 21.9. The van der Waals surface area contributed by atoms with Crippen molar-refractivity contribution < 1.29 is 39.4 Å². The van der Waals surface area contributed by atoms with Gasteiger partial charge in [0.05, 0.1) is 28.4 Å². The van der Waals surface area contributed by atoms with Crippen LogP contribution in [0.5, 0.6) is 46.0 Å². The number of phenols is 4. The van der Waals surface area contributed by atoms with Crippen molar-refractivity contribution in [2.75, 3.05) is 28.4 Å². The van der Waals surface area contributed by atoms with Crippen molar-refractivity contribution in [1.82, 2.24) is 0 Å². The summed E-state index contributed by atoms with van der Waals surface area (Å²) in [6, 6.07) is 16.0. The molecule has 472 valence electrons. The molecule has 0 unspecified atom stereocenters. The maximum absolute atomic E-state index is 12.6. The van der Waals surface area contributed by atoms with Gasteiger partial charge in [-0.1, -0.05) is 259 Å². The van der Waals surface area contributed by atoms with Crippen LogP contribution in [-0.2, 0) is 0 Å². The third-order valence-corrected chi connectivity index (χ3v) is 18.9. The number of rotatable bonds is 44. The predicted octanol–water partition coefficient (Wildman–Crippen LogP) is 23.1. The Labute approximate surface area is 512 Å². The fourth-order valence-electron chi connectivity index (χ4n) is 13.9. The molecule has 84 heavy (non-hydrogen) atoms. The molecule has 0 radical (unpaired) electrons. The van der Waals surface area contributed by atoms with E-state index in [9.17, 15) is 20.4 Å². The van der Waals surface area contributed by atoms with Gasteiger partial charge >= 0.3 is 0 Å². The summed E-state index contributed by atoms with van der Waals surface area (Å²) in [4.78, 5) is 0. The fourth-order valence-corrected chi connectivity index (χ4v) is 13.9. The van der Waals surface area contributed by atoms with E-state index >= 15 is 0 Å². The standard InChI is InChI=1S/C76H120O8/c1-9-13-17-21-25-29-33-37-41-45-57-61-49-66(74(82-6)53-69(61)77)59(47-43-39-35-31-27-23-19-15-11-3)63-51-68(76(84-8)55-71(63)79)60(48-44-40-36-32-28-24-20-16-12-4)64-52-67(75(83-7)56-72(64)80)58(46-42-38-34-30-26-22-18-14-10-2)62-50-65(57)73(81-5)54-70(62)78/h49-60,77-80H,9-48H2,1-8H3/t57-,58-,59-,60-/m0/s1. The highest BCUT2D eigenvalue weighted by Gasteiger charge is 2.34. The molecule has 0 aromatic heterocycles. The average Bonchev–Trinajstić information content (AvgIpc) is 3.61. The number of unbranched alkanes of at least 4 members (excludes halogenated alkanes) is 32. The molecule has 5 rings (SSSR count). The summed E-state index contributed by atoms with van der Waals surface area (Å²) >= 11 is 0. The number of hydrogen-bond donors (Lipinski definition) is 4. The van der Waals surface area contributed by atoms with Crippen molar-refractivity contribution >= 4 is 0 Å². The molecule has 0 aliphatic heterocycles. The first-order valence-corrected chi connectivity index (χ1v) is 34.7. The summed E-state index contributed by atoms with van der Waals surface area (Å²) in [5, 5.41) is 50.2. The van der Waals surface area contributed by atoms with Gasteiger partial charge in [-0.2, -0.15) is 0 Å². The number of hydrogen-bond acceptors (Lipinski definition) is 8. The summed E-state index contributed by atoms with van der Waals surface area (Å²) in [7, 11) is 6.75.